The Morgan fingerprint density at radius 1 is 1.09 bits per heavy atom. The van der Waals surface area contributed by atoms with E-state index in [1.807, 2.05) is 72.2 Å². The number of carbonyl (C=O) groups excluding carboxylic acids is 1. The Balaban J connectivity index is 1.86. The number of aliphatic hydroxyl groups is 1. The molecule has 1 heterocycles. The first-order chi connectivity index (χ1) is 16.0. The van der Waals surface area contributed by atoms with Gasteiger partial charge in [0.2, 0.25) is 0 Å². The number of carbonyl (C=O) groups is 1. The quantitative estimate of drug-likeness (QED) is 0.452. The number of nitrogens with zero attached hydrogens (tertiary/aromatic N) is 3. The van der Waals surface area contributed by atoms with Gasteiger partial charge in [-0.3, -0.25) is 4.79 Å². The standard InChI is InChI=1S/C27H26N4O2/c1-3-31-24-16-20(25(32)29-18-19(2)17-28)14-15-23(24)30-26(31)27(33,21-10-6-4-7-11-21)22-12-8-5-9-13-22/h4-16,19,33H,3,18H2,1-2H3,(H,29,32). The van der Waals surface area contributed by atoms with Crippen LogP contribution in [0.25, 0.3) is 11.0 Å². The summed E-state index contributed by atoms with van der Waals surface area (Å²) < 4.78 is 1.95. The predicted octanol–water partition coefficient (Wildman–Crippen LogP) is 4.23. The van der Waals surface area contributed by atoms with Crippen LogP contribution in [0.2, 0.25) is 0 Å². The molecule has 0 fully saturated rings. The molecule has 0 radical (unpaired) electrons. The fraction of sp³-hybridized carbons (Fsp3) is 0.222. The normalized spacial score (nSPS) is 12.3. The molecule has 3 aromatic carbocycles. The summed E-state index contributed by atoms with van der Waals surface area (Å²) in [6.07, 6.45) is 0. The lowest BCUT2D eigenvalue weighted by atomic mass is 9.85. The summed E-state index contributed by atoms with van der Waals surface area (Å²) in [5.74, 6) is -0.0175. The summed E-state index contributed by atoms with van der Waals surface area (Å²) in [6, 6.07) is 26.4. The van der Waals surface area contributed by atoms with E-state index < -0.39 is 5.60 Å². The van der Waals surface area contributed by atoms with Crippen molar-refractivity contribution >= 4 is 16.9 Å². The van der Waals surface area contributed by atoms with Crippen LogP contribution in [0.5, 0.6) is 0 Å². The maximum Gasteiger partial charge on any atom is 0.251 e. The molecule has 0 aliphatic rings. The number of nitrogens with one attached hydrogen (secondary N) is 1. The molecule has 6 nitrogen and oxygen atoms in total. The third kappa shape index (κ3) is 4.11. The summed E-state index contributed by atoms with van der Waals surface area (Å²) in [4.78, 5) is 17.5. The van der Waals surface area contributed by atoms with E-state index >= 15 is 0 Å². The molecule has 1 amide bonds. The fourth-order valence-corrected chi connectivity index (χ4v) is 4.04. The topological polar surface area (TPSA) is 90.9 Å². The monoisotopic (exact) mass is 438 g/mol. The number of benzene rings is 3. The lowest BCUT2D eigenvalue weighted by molar-refractivity contribution is 0.0951. The number of amides is 1. The summed E-state index contributed by atoms with van der Waals surface area (Å²) >= 11 is 0. The van der Waals surface area contributed by atoms with Gasteiger partial charge in [0.25, 0.3) is 5.91 Å². The van der Waals surface area contributed by atoms with Gasteiger partial charge in [-0.05, 0) is 43.2 Å². The molecule has 0 saturated heterocycles. The Morgan fingerprint density at radius 3 is 2.24 bits per heavy atom. The van der Waals surface area contributed by atoms with E-state index in [9.17, 15) is 9.90 Å². The van der Waals surface area contributed by atoms with Gasteiger partial charge < -0.3 is 15.0 Å². The Hall–Kier alpha value is -3.95. The molecule has 1 aromatic heterocycles. The molecular formula is C27H26N4O2. The summed E-state index contributed by atoms with van der Waals surface area (Å²) in [7, 11) is 0. The zero-order valence-corrected chi connectivity index (χ0v) is 18.7. The number of fused-ring (bicyclic) bond motifs is 1. The highest BCUT2D eigenvalue weighted by Gasteiger charge is 2.38. The molecule has 33 heavy (non-hydrogen) atoms. The Labute approximate surface area is 193 Å². The summed E-state index contributed by atoms with van der Waals surface area (Å²) in [6.45, 7) is 4.59. The van der Waals surface area contributed by atoms with Gasteiger partial charge in [0.1, 0.15) is 0 Å². The van der Waals surface area contributed by atoms with Crippen LogP contribution >= 0.6 is 0 Å². The first-order valence-electron chi connectivity index (χ1n) is 11.0. The minimum atomic E-state index is -1.47. The maximum absolute atomic E-state index is 12.7. The largest absolute Gasteiger partial charge is 0.373 e. The Morgan fingerprint density at radius 2 is 1.70 bits per heavy atom. The highest BCUT2D eigenvalue weighted by atomic mass is 16.3. The molecular weight excluding hydrogens is 412 g/mol. The van der Waals surface area contributed by atoms with Crippen molar-refractivity contribution < 1.29 is 9.90 Å². The lowest BCUT2D eigenvalue weighted by Gasteiger charge is -2.29. The lowest BCUT2D eigenvalue weighted by Crippen LogP contribution is -2.32. The average Bonchev–Trinajstić information content (AvgIpc) is 3.25. The second-order valence-corrected chi connectivity index (χ2v) is 8.07. The maximum atomic E-state index is 12.7. The van der Waals surface area contributed by atoms with Crippen LogP contribution in [-0.4, -0.2) is 27.1 Å². The molecule has 0 bridgehead atoms. The number of nitriles is 1. The number of hydrogen-bond donors (Lipinski definition) is 2. The van der Waals surface area contributed by atoms with Gasteiger partial charge in [0.05, 0.1) is 23.0 Å². The Bertz CT molecular complexity index is 1270. The van der Waals surface area contributed by atoms with E-state index in [0.29, 0.717) is 34.6 Å². The van der Waals surface area contributed by atoms with Gasteiger partial charge in [0, 0.05) is 18.7 Å². The second kappa shape index (κ2) is 9.27. The minimum Gasteiger partial charge on any atom is -0.373 e. The third-order valence-electron chi connectivity index (χ3n) is 5.82. The van der Waals surface area contributed by atoms with Crippen LogP contribution in [0.3, 0.4) is 0 Å². The number of aryl methyl sites for hydroxylation is 1. The van der Waals surface area contributed by atoms with E-state index in [2.05, 4.69) is 11.4 Å². The third-order valence-corrected chi connectivity index (χ3v) is 5.82. The first-order valence-corrected chi connectivity index (χ1v) is 11.0. The van der Waals surface area contributed by atoms with Gasteiger partial charge in [-0.15, -0.1) is 0 Å². The van der Waals surface area contributed by atoms with Crippen LogP contribution in [0.15, 0.2) is 78.9 Å². The van der Waals surface area contributed by atoms with Gasteiger partial charge in [0.15, 0.2) is 11.4 Å². The molecule has 1 atom stereocenters. The minimum absolute atomic E-state index is 0.245. The van der Waals surface area contributed by atoms with Crippen LogP contribution < -0.4 is 5.32 Å². The molecule has 4 rings (SSSR count). The molecule has 4 aromatic rings. The fourth-order valence-electron chi connectivity index (χ4n) is 4.04. The SMILES string of the molecule is CCn1c(C(O)(c2ccccc2)c2ccccc2)nc2ccc(C(=O)NCC(C)C#N)cc21. The van der Waals surface area contributed by atoms with Crippen LogP contribution in [0.4, 0.5) is 0 Å². The Kier molecular flexibility index (Phi) is 6.25. The number of rotatable bonds is 7. The van der Waals surface area contributed by atoms with Crippen molar-refractivity contribution in [1.82, 2.24) is 14.9 Å². The molecule has 2 N–H and O–H groups in total. The van der Waals surface area contributed by atoms with Gasteiger partial charge in [-0.25, -0.2) is 4.98 Å². The van der Waals surface area contributed by atoms with Crippen LogP contribution in [0.1, 0.15) is 41.2 Å². The predicted molar refractivity (Wildman–Crippen MR) is 128 cm³/mol. The number of hydrogen-bond acceptors (Lipinski definition) is 4. The zero-order valence-electron chi connectivity index (χ0n) is 18.7. The van der Waals surface area contributed by atoms with Crippen molar-refractivity contribution in [1.29, 1.82) is 5.26 Å². The molecule has 0 aliphatic heterocycles. The van der Waals surface area contributed by atoms with Crippen molar-refractivity contribution in [2.24, 2.45) is 5.92 Å². The van der Waals surface area contributed by atoms with Crippen molar-refractivity contribution in [2.45, 2.75) is 26.0 Å². The van der Waals surface area contributed by atoms with Gasteiger partial charge >= 0.3 is 0 Å². The number of aromatic nitrogens is 2. The first kappa shape index (κ1) is 22.3. The highest BCUT2D eigenvalue weighted by molar-refractivity contribution is 5.97. The molecule has 1 unspecified atom stereocenters. The van der Waals surface area contributed by atoms with E-state index in [-0.39, 0.29) is 18.4 Å². The van der Waals surface area contributed by atoms with Crippen molar-refractivity contribution in [2.75, 3.05) is 6.54 Å². The summed E-state index contributed by atoms with van der Waals surface area (Å²) in [5.41, 5.74) is 1.89. The smallest absolute Gasteiger partial charge is 0.251 e. The van der Waals surface area contributed by atoms with Crippen molar-refractivity contribution in [3.05, 3.63) is 101 Å². The van der Waals surface area contributed by atoms with Gasteiger partial charge in [-0.1, -0.05) is 60.7 Å². The molecule has 166 valence electrons. The molecule has 0 spiro atoms. The van der Waals surface area contributed by atoms with Crippen LogP contribution in [-0.2, 0) is 12.1 Å². The molecule has 0 aliphatic carbocycles. The van der Waals surface area contributed by atoms with Crippen molar-refractivity contribution in [3.8, 4) is 6.07 Å². The molecule has 6 heteroatoms. The van der Waals surface area contributed by atoms with Crippen molar-refractivity contribution in [3.63, 3.8) is 0 Å². The van der Waals surface area contributed by atoms with E-state index in [4.69, 9.17) is 10.2 Å². The van der Waals surface area contributed by atoms with E-state index in [1.54, 1.807) is 25.1 Å². The van der Waals surface area contributed by atoms with E-state index in [1.165, 1.54) is 0 Å². The van der Waals surface area contributed by atoms with Crippen LogP contribution in [0, 0.1) is 17.2 Å². The zero-order chi connectivity index (χ0) is 23.4. The van der Waals surface area contributed by atoms with Gasteiger partial charge in [-0.2, -0.15) is 5.26 Å². The molecule has 0 saturated carbocycles. The number of imidazole rings is 1. The second-order valence-electron chi connectivity index (χ2n) is 8.07. The van der Waals surface area contributed by atoms with E-state index in [0.717, 1.165) is 5.52 Å². The highest BCUT2D eigenvalue weighted by Crippen LogP contribution is 2.37. The summed E-state index contributed by atoms with van der Waals surface area (Å²) in [5, 5.41) is 24.0. The average molecular weight is 439 g/mol.